The van der Waals surface area contributed by atoms with Gasteiger partial charge in [-0.05, 0) is 25.7 Å². The summed E-state index contributed by atoms with van der Waals surface area (Å²) < 4.78 is 0. The molecule has 1 amide bonds. The van der Waals surface area contributed by atoms with Gasteiger partial charge in [0.1, 0.15) is 6.04 Å². The van der Waals surface area contributed by atoms with Crippen LogP contribution in [0.1, 0.15) is 25.7 Å². The second-order valence-corrected chi connectivity index (χ2v) is 4.92. The number of hydrogen-bond donors (Lipinski definition) is 4. The van der Waals surface area contributed by atoms with Gasteiger partial charge < -0.3 is 21.5 Å². The smallest absolute Gasteiger partial charge is 0.326 e. The van der Waals surface area contributed by atoms with Crippen molar-refractivity contribution in [3.63, 3.8) is 0 Å². The molecule has 0 radical (unpaired) electrons. The second-order valence-electron chi connectivity index (χ2n) is 4.92. The highest BCUT2D eigenvalue weighted by Crippen LogP contribution is 2.19. The van der Waals surface area contributed by atoms with Crippen LogP contribution in [0.3, 0.4) is 0 Å². The zero-order valence-corrected chi connectivity index (χ0v) is 12.0. The van der Waals surface area contributed by atoms with Gasteiger partial charge in [-0.1, -0.05) is 0 Å². The quantitative estimate of drug-likeness (QED) is 0.134. The first-order valence-electron chi connectivity index (χ1n) is 6.82. The van der Waals surface area contributed by atoms with E-state index in [1.807, 2.05) is 5.43 Å². The normalized spacial score (nSPS) is 18.5. The standard InChI is InChI=1S/C11H20N6O5/c12-11(13)14-5-1-3-7(15-17(21)22)9(18)16-6-2-4-8(16)10(19)20/h7-8,15H,1-6H2,(H,19,20)(H4,12,13,14). The van der Waals surface area contributed by atoms with Gasteiger partial charge in [-0.15, -0.1) is 5.43 Å². The Labute approximate surface area is 126 Å². The Bertz CT molecular complexity index is 464. The Morgan fingerprint density at radius 1 is 1.50 bits per heavy atom. The summed E-state index contributed by atoms with van der Waals surface area (Å²) in [5.41, 5.74) is 12.3. The minimum absolute atomic E-state index is 0.101. The van der Waals surface area contributed by atoms with Gasteiger partial charge in [-0.25, -0.2) is 14.9 Å². The Morgan fingerprint density at radius 2 is 2.18 bits per heavy atom. The van der Waals surface area contributed by atoms with Gasteiger partial charge in [0, 0.05) is 13.1 Å². The maximum absolute atomic E-state index is 12.3. The number of carboxylic acid groups (broad SMARTS) is 1. The van der Waals surface area contributed by atoms with Gasteiger partial charge in [0.05, 0.1) is 0 Å². The Balaban J connectivity index is 2.69. The van der Waals surface area contributed by atoms with E-state index >= 15 is 0 Å². The van der Waals surface area contributed by atoms with Crippen molar-refractivity contribution in [3.05, 3.63) is 10.1 Å². The Hall–Kier alpha value is -2.59. The molecule has 2 atom stereocenters. The summed E-state index contributed by atoms with van der Waals surface area (Å²) >= 11 is 0. The number of carboxylic acids is 1. The van der Waals surface area contributed by atoms with E-state index in [9.17, 15) is 19.7 Å². The third-order valence-electron chi connectivity index (χ3n) is 3.33. The molecule has 1 heterocycles. The molecular formula is C11H20N6O5. The number of nitrogens with one attached hydrogen (secondary N) is 1. The number of hydrogen-bond acceptors (Lipinski definition) is 5. The number of aliphatic imine (C=N–C) groups is 1. The summed E-state index contributed by atoms with van der Waals surface area (Å²) in [6.07, 6.45) is 1.38. The van der Waals surface area contributed by atoms with Crippen LogP contribution in [-0.4, -0.2) is 58.0 Å². The molecule has 6 N–H and O–H groups in total. The van der Waals surface area contributed by atoms with Crippen LogP contribution in [0.25, 0.3) is 0 Å². The lowest BCUT2D eigenvalue weighted by molar-refractivity contribution is -0.548. The molecule has 1 aliphatic rings. The summed E-state index contributed by atoms with van der Waals surface area (Å²) in [4.78, 5) is 39.0. The topological polar surface area (TPSA) is 177 Å². The molecule has 11 nitrogen and oxygen atoms in total. The molecule has 22 heavy (non-hydrogen) atoms. The van der Waals surface area contributed by atoms with Crippen LogP contribution in [0.5, 0.6) is 0 Å². The van der Waals surface area contributed by atoms with Gasteiger partial charge in [-0.2, -0.15) is 0 Å². The van der Waals surface area contributed by atoms with Gasteiger partial charge in [-0.3, -0.25) is 9.79 Å². The first-order chi connectivity index (χ1) is 10.3. The van der Waals surface area contributed by atoms with E-state index in [0.29, 0.717) is 19.3 Å². The molecule has 0 aromatic heterocycles. The fourth-order valence-corrected chi connectivity index (χ4v) is 2.36. The molecular weight excluding hydrogens is 296 g/mol. The first kappa shape index (κ1) is 17.5. The SMILES string of the molecule is NC(N)=NCCCC(N[N+](=O)[O-])C(=O)N1CCCC1C(=O)O. The van der Waals surface area contributed by atoms with Crippen LogP contribution in [0, 0.1) is 10.1 Å². The molecule has 11 heteroatoms. The lowest BCUT2D eigenvalue weighted by atomic mass is 10.1. The van der Waals surface area contributed by atoms with E-state index in [0.717, 1.165) is 0 Å². The van der Waals surface area contributed by atoms with E-state index in [1.165, 1.54) is 4.90 Å². The number of likely N-dealkylation sites (tertiary alicyclic amines) is 1. The summed E-state index contributed by atoms with van der Waals surface area (Å²) in [6.45, 7) is 0.507. The molecule has 0 saturated carbocycles. The highest BCUT2D eigenvalue weighted by molar-refractivity contribution is 5.87. The van der Waals surface area contributed by atoms with Crippen molar-refractivity contribution in [1.29, 1.82) is 0 Å². The van der Waals surface area contributed by atoms with Crippen molar-refractivity contribution < 1.29 is 19.7 Å². The highest BCUT2D eigenvalue weighted by atomic mass is 16.7. The number of nitrogens with two attached hydrogens (primary N) is 2. The van der Waals surface area contributed by atoms with E-state index in [-0.39, 0.29) is 25.5 Å². The number of guanidine groups is 1. The van der Waals surface area contributed by atoms with Gasteiger partial charge in [0.15, 0.2) is 17.0 Å². The molecule has 1 rings (SSSR count). The number of rotatable bonds is 8. The number of carbonyl (C=O) groups excluding carboxylic acids is 1. The van der Waals surface area contributed by atoms with Gasteiger partial charge in [0.25, 0.3) is 5.91 Å². The lowest BCUT2D eigenvalue weighted by Gasteiger charge is -2.25. The predicted molar refractivity (Wildman–Crippen MR) is 76.2 cm³/mol. The fraction of sp³-hybridized carbons (Fsp3) is 0.727. The van der Waals surface area contributed by atoms with Crippen molar-refractivity contribution in [3.8, 4) is 0 Å². The molecule has 1 fully saturated rings. The van der Waals surface area contributed by atoms with E-state index in [2.05, 4.69) is 4.99 Å². The summed E-state index contributed by atoms with van der Waals surface area (Å²) in [5, 5.41) is 18.9. The molecule has 0 aromatic rings. The van der Waals surface area contributed by atoms with Gasteiger partial charge >= 0.3 is 5.97 Å². The highest BCUT2D eigenvalue weighted by Gasteiger charge is 2.38. The van der Waals surface area contributed by atoms with Gasteiger partial charge in [0.2, 0.25) is 0 Å². The fourth-order valence-electron chi connectivity index (χ4n) is 2.36. The number of nitrogens with zero attached hydrogens (tertiary/aromatic N) is 3. The molecule has 2 unspecified atom stereocenters. The average molecular weight is 316 g/mol. The molecule has 1 saturated heterocycles. The van der Waals surface area contributed by atoms with Crippen LogP contribution in [0.2, 0.25) is 0 Å². The van der Waals surface area contributed by atoms with Crippen LogP contribution in [-0.2, 0) is 9.59 Å². The predicted octanol–water partition coefficient (Wildman–Crippen LogP) is -1.73. The second kappa shape index (κ2) is 8.00. The molecule has 1 aliphatic heterocycles. The van der Waals surface area contributed by atoms with E-state index < -0.39 is 29.0 Å². The zero-order valence-electron chi connectivity index (χ0n) is 12.0. The largest absolute Gasteiger partial charge is 0.480 e. The maximum atomic E-state index is 12.3. The zero-order chi connectivity index (χ0) is 16.7. The number of nitro groups is 1. The summed E-state index contributed by atoms with van der Waals surface area (Å²) in [6, 6.07) is -2.04. The van der Waals surface area contributed by atoms with Crippen molar-refractivity contribution in [2.24, 2.45) is 16.5 Å². The number of amides is 1. The number of aliphatic carboxylic acids is 1. The molecule has 124 valence electrons. The van der Waals surface area contributed by atoms with Crippen molar-refractivity contribution in [2.45, 2.75) is 37.8 Å². The maximum Gasteiger partial charge on any atom is 0.326 e. The number of hydrazine groups is 1. The van der Waals surface area contributed by atoms with Crippen molar-refractivity contribution in [1.82, 2.24) is 10.3 Å². The van der Waals surface area contributed by atoms with Crippen LogP contribution in [0.15, 0.2) is 4.99 Å². The molecule has 0 aliphatic carbocycles. The number of carbonyl (C=O) groups is 2. The van der Waals surface area contributed by atoms with Crippen LogP contribution >= 0.6 is 0 Å². The van der Waals surface area contributed by atoms with Crippen LogP contribution in [0.4, 0.5) is 0 Å². The van der Waals surface area contributed by atoms with Crippen LogP contribution < -0.4 is 16.9 Å². The molecule has 0 bridgehead atoms. The van der Waals surface area contributed by atoms with Crippen molar-refractivity contribution >= 4 is 17.8 Å². The van der Waals surface area contributed by atoms with E-state index in [4.69, 9.17) is 16.6 Å². The lowest BCUT2D eigenvalue weighted by Crippen LogP contribution is -2.51. The average Bonchev–Trinajstić information content (AvgIpc) is 2.90. The third-order valence-corrected chi connectivity index (χ3v) is 3.33. The first-order valence-corrected chi connectivity index (χ1v) is 6.82. The van der Waals surface area contributed by atoms with E-state index in [1.54, 1.807) is 0 Å². The summed E-state index contributed by atoms with van der Waals surface area (Å²) in [5.74, 6) is -1.80. The Morgan fingerprint density at radius 3 is 2.73 bits per heavy atom. The molecule has 0 spiro atoms. The monoisotopic (exact) mass is 316 g/mol. The Kier molecular flexibility index (Phi) is 6.35. The minimum Gasteiger partial charge on any atom is -0.480 e. The third kappa shape index (κ3) is 5.07. The minimum atomic E-state index is -1.11. The van der Waals surface area contributed by atoms with Crippen molar-refractivity contribution in [2.75, 3.05) is 13.1 Å². The summed E-state index contributed by atoms with van der Waals surface area (Å²) in [7, 11) is 0. The molecule has 0 aromatic carbocycles.